The lowest BCUT2D eigenvalue weighted by Gasteiger charge is -2.09. The molecule has 0 saturated heterocycles. The van der Waals surface area contributed by atoms with Gasteiger partial charge in [-0.05, 0) is 30.7 Å². The molecule has 2 aromatic rings. The van der Waals surface area contributed by atoms with Crippen molar-refractivity contribution >= 4 is 33.0 Å². The van der Waals surface area contributed by atoms with Crippen molar-refractivity contribution in [1.29, 1.82) is 0 Å². The molecule has 1 heterocycles. The summed E-state index contributed by atoms with van der Waals surface area (Å²) in [4.78, 5) is 4.22. The second-order valence-electron chi connectivity index (χ2n) is 4.02. The van der Waals surface area contributed by atoms with Crippen molar-refractivity contribution in [3.05, 3.63) is 47.2 Å². The van der Waals surface area contributed by atoms with Crippen molar-refractivity contribution in [2.24, 2.45) is 0 Å². The number of anilines is 3. The Hall–Kier alpha value is -1.55. The van der Waals surface area contributed by atoms with Gasteiger partial charge in [-0.3, -0.25) is 4.98 Å². The van der Waals surface area contributed by atoms with Gasteiger partial charge in [-0.15, -0.1) is 0 Å². The second-order valence-corrected chi connectivity index (χ2v) is 4.94. The van der Waals surface area contributed by atoms with E-state index in [4.69, 9.17) is 0 Å². The molecule has 18 heavy (non-hydrogen) atoms. The van der Waals surface area contributed by atoms with Crippen molar-refractivity contribution in [1.82, 2.24) is 4.98 Å². The van der Waals surface area contributed by atoms with Crippen LogP contribution < -0.4 is 10.6 Å². The molecule has 1 aromatic heterocycles. The lowest BCUT2D eigenvalue weighted by molar-refractivity contribution is 0.978. The molecule has 0 unspecified atom stereocenters. The first-order valence-corrected chi connectivity index (χ1v) is 6.79. The number of benzene rings is 1. The minimum absolute atomic E-state index is 0.960. The van der Waals surface area contributed by atoms with Gasteiger partial charge in [0, 0.05) is 16.7 Å². The molecule has 94 valence electrons. The Bertz CT molecular complexity index is 514. The van der Waals surface area contributed by atoms with E-state index in [0.717, 1.165) is 34.5 Å². The predicted molar refractivity (Wildman–Crippen MR) is 80.4 cm³/mol. The van der Waals surface area contributed by atoms with Crippen LogP contribution in [0.2, 0.25) is 0 Å². The van der Waals surface area contributed by atoms with Crippen LogP contribution in [0.5, 0.6) is 0 Å². The quantitative estimate of drug-likeness (QED) is 0.859. The summed E-state index contributed by atoms with van der Waals surface area (Å²) in [5.41, 5.74) is 3.06. The third-order valence-corrected chi connectivity index (χ3v) is 2.92. The fourth-order valence-electron chi connectivity index (χ4n) is 1.61. The molecule has 1 aromatic carbocycles. The predicted octanol–water partition coefficient (Wildman–Crippen LogP) is 4.41. The molecule has 2 rings (SSSR count). The maximum Gasteiger partial charge on any atom is 0.0591 e. The van der Waals surface area contributed by atoms with Gasteiger partial charge in [0.1, 0.15) is 0 Å². The van der Waals surface area contributed by atoms with Crippen LogP contribution in [-0.4, -0.2) is 11.5 Å². The fraction of sp³-hybridized carbons (Fsp3) is 0.214. The average molecular weight is 306 g/mol. The van der Waals surface area contributed by atoms with Crippen molar-refractivity contribution in [2.75, 3.05) is 17.2 Å². The highest BCUT2D eigenvalue weighted by Crippen LogP contribution is 2.21. The Kier molecular flexibility index (Phi) is 4.59. The first-order valence-electron chi connectivity index (χ1n) is 5.99. The van der Waals surface area contributed by atoms with Gasteiger partial charge in [-0.2, -0.15) is 0 Å². The van der Waals surface area contributed by atoms with E-state index in [1.54, 1.807) is 0 Å². The summed E-state index contributed by atoms with van der Waals surface area (Å²) < 4.78 is 1.06. The molecule has 0 radical (unpaired) electrons. The van der Waals surface area contributed by atoms with Crippen LogP contribution >= 0.6 is 15.9 Å². The molecule has 4 heteroatoms. The van der Waals surface area contributed by atoms with Crippen molar-refractivity contribution in [2.45, 2.75) is 13.3 Å². The zero-order valence-electron chi connectivity index (χ0n) is 10.3. The largest absolute Gasteiger partial charge is 0.384 e. The maximum absolute atomic E-state index is 4.22. The molecule has 0 aliphatic carbocycles. The highest BCUT2D eigenvalue weighted by atomic mass is 79.9. The molecule has 0 aliphatic rings. The number of aromatic nitrogens is 1. The number of halogens is 1. The molecule has 0 atom stereocenters. The number of nitrogens with one attached hydrogen (secondary N) is 2. The number of nitrogens with zero attached hydrogens (tertiary/aromatic N) is 1. The van der Waals surface area contributed by atoms with Crippen LogP contribution in [0.4, 0.5) is 17.1 Å². The highest BCUT2D eigenvalue weighted by Gasteiger charge is 1.98. The summed E-state index contributed by atoms with van der Waals surface area (Å²) in [7, 11) is 0. The molecule has 0 bridgehead atoms. The van der Waals surface area contributed by atoms with Crippen molar-refractivity contribution < 1.29 is 0 Å². The molecule has 0 fully saturated rings. The summed E-state index contributed by atoms with van der Waals surface area (Å²) in [6, 6.07) is 10.1. The van der Waals surface area contributed by atoms with Gasteiger partial charge in [-0.25, -0.2) is 0 Å². The third kappa shape index (κ3) is 3.74. The van der Waals surface area contributed by atoms with Crippen LogP contribution in [0, 0.1) is 0 Å². The van der Waals surface area contributed by atoms with Gasteiger partial charge < -0.3 is 10.6 Å². The van der Waals surface area contributed by atoms with Gasteiger partial charge in [0.25, 0.3) is 0 Å². The smallest absolute Gasteiger partial charge is 0.0591 e. The molecule has 0 spiro atoms. The second kappa shape index (κ2) is 6.40. The molecule has 0 amide bonds. The van der Waals surface area contributed by atoms with Gasteiger partial charge >= 0.3 is 0 Å². The van der Waals surface area contributed by atoms with Gasteiger partial charge in [0.05, 0.1) is 23.8 Å². The molecule has 3 nitrogen and oxygen atoms in total. The average Bonchev–Trinajstić information content (AvgIpc) is 2.37. The minimum Gasteiger partial charge on any atom is -0.384 e. The van der Waals surface area contributed by atoms with Crippen LogP contribution in [0.15, 0.2) is 47.2 Å². The summed E-state index contributed by atoms with van der Waals surface area (Å²) >= 11 is 3.46. The van der Waals surface area contributed by atoms with E-state index in [1.807, 2.05) is 36.7 Å². The summed E-state index contributed by atoms with van der Waals surface area (Å²) in [5.74, 6) is 0. The lowest BCUT2D eigenvalue weighted by atomic mass is 10.3. The fourth-order valence-corrected chi connectivity index (χ4v) is 2.01. The van der Waals surface area contributed by atoms with Gasteiger partial charge in [-0.1, -0.05) is 28.9 Å². The van der Waals surface area contributed by atoms with Crippen LogP contribution in [0.3, 0.4) is 0 Å². The number of rotatable bonds is 5. The number of hydrogen-bond donors (Lipinski definition) is 2. The van der Waals surface area contributed by atoms with E-state index >= 15 is 0 Å². The highest BCUT2D eigenvalue weighted by molar-refractivity contribution is 9.10. The maximum atomic E-state index is 4.22. The van der Waals surface area contributed by atoms with E-state index in [1.165, 1.54) is 0 Å². The first kappa shape index (κ1) is 12.9. The van der Waals surface area contributed by atoms with Crippen LogP contribution in [0.1, 0.15) is 13.3 Å². The number of hydrogen-bond acceptors (Lipinski definition) is 3. The van der Waals surface area contributed by atoms with E-state index < -0.39 is 0 Å². The minimum atomic E-state index is 0.960. The summed E-state index contributed by atoms with van der Waals surface area (Å²) in [5, 5.41) is 6.65. The van der Waals surface area contributed by atoms with E-state index in [0.29, 0.717) is 0 Å². The van der Waals surface area contributed by atoms with Crippen LogP contribution in [0.25, 0.3) is 0 Å². The van der Waals surface area contributed by atoms with E-state index in [2.05, 4.69) is 44.5 Å². The third-order valence-electron chi connectivity index (χ3n) is 2.43. The Labute approximate surface area is 116 Å². The Morgan fingerprint density at radius 3 is 2.72 bits per heavy atom. The topological polar surface area (TPSA) is 37.0 Å². The zero-order chi connectivity index (χ0) is 12.8. The van der Waals surface area contributed by atoms with Crippen molar-refractivity contribution in [3.8, 4) is 0 Å². The summed E-state index contributed by atoms with van der Waals surface area (Å²) in [6.45, 7) is 3.10. The first-order chi connectivity index (χ1) is 8.78. The Morgan fingerprint density at radius 2 is 1.94 bits per heavy atom. The van der Waals surface area contributed by atoms with Gasteiger partial charge in [0.15, 0.2) is 0 Å². The van der Waals surface area contributed by atoms with Crippen molar-refractivity contribution in [3.63, 3.8) is 0 Å². The molecule has 2 N–H and O–H groups in total. The Balaban J connectivity index is 2.09. The molecular weight excluding hydrogens is 290 g/mol. The number of pyridine rings is 1. The van der Waals surface area contributed by atoms with E-state index in [9.17, 15) is 0 Å². The molecule has 0 saturated carbocycles. The standard InChI is InChI=1S/C14H16BrN3/c1-2-6-17-13-8-14(10-16-9-13)18-12-5-3-4-11(15)7-12/h3-5,7-10,17-18H,2,6H2,1H3. The lowest BCUT2D eigenvalue weighted by Crippen LogP contribution is -2.00. The zero-order valence-corrected chi connectivity index (χ0v) is 11.9. The Morgan fingerprint density at radius 1 is 1.11 bits per heavy atom. The normalized spacial score (nSPS) is 10.1. The molecule has 0 aliphatic heterocycles. The molecular formula is C14H16BrN3. The van der Waals surface area contributed by atoms with Gasteiger partial charge in [0.2, 0.25) is 0 Å². The SMILES string of the molecule is CCCNc1cncc(Nc2cccc(Br)c2)c1. The summed E-state index contributed by atoms with van der Waals surface area (Å²) in [6.07, 6.45) is 4.75. The van der Waals surface area contributed by atoms with Crippen LogP contribution in [-0.2, 0) is 0 Å². The van der Waals surface area contributed by atoms with E-state index in [-0.39, 0.29) is 0 Å². The monoisotopic (exact) mass is 305 g/mol.